The summed E-state index contributed by atoms with van der Waals surface area (Å²) in [5.74, 6) is 2.33. The number of nitrogens with zero attached hydrogens (tertiary/aromatic N) is 1. The van der Waals surface area contributed by atoms with E-state index in [1.165, 1.54) is 0 Å². The first kappa shape index (κ1) is 19.6. The number of carbonyl (C=O) groups is 2. The lowest BCUT2D eigenvalue weighted by atomic mass is 10.1. The van der Waals surface area contributed by atoms with E-state index in [4.69, 9.17) is 13.9 Å². The van der Waals surface area contributed by atoms with E-state index >= 15 is 0 Å². The molecular formula is C23H20N2O5S. The second-order valence-electron chi connectivity index (χ2n) is 7.20. The molecule has 2 amide bonds. The Hall–Kier alpha value is -3.39. The van der Waals surface area contributed by atoms with Gasteiger partial charge in [-0.05, 0) is 42.0 Å². The molecule has 2 aromatic carbocycles. The van der Waals surface area contributed by atoms with E-state index < -0.39 is 0 Å². The van der Waals surface area contributed by atoms with Crippen molar-refractivity contribution >= 4 is 29.3 Å². The van der Waals surface area contributed by atoms with Gasteiger partial charge in [0.05, 0.1) is 18.6 Å². The highest BCUT2D eigenvalue weighted by molar-refractivity contribution is 8.00. The predicted octanol–water partition coefficient (Wildman–Crippen LogP) is 4.08. The number of ether oxygens (including phenoxy) is 2. The molecule has 7 nitrogen and oxygen atoms in total. The van der Waals surface area contributed by atoms with Crippen LogP contribution in [0.2, 0.25) is 0 Å². The molecule has 1 fully saturated rings. The van der Waals surface area contributed by atoms with Crippen LogP contribution in [0.5, 0.6) is 11.5 Å². The summed E-state index contributed by atoms with van der Waals surface area (Å²) in [6, 6.07) is 16.3. The summed E-state index contributed by atoms with van der Waals surface area (Å²) >= 11 is 1.57. The van der Waals surface area contributed by atoms with Crippen LogP contribution < -0.4 is 14.8 Å². The van der Waals surface area contributed by atoms with Crippen LogP contribution >= 0.6 is 11.8 Å². The topological polar surface area (TPSA) is 81.0 Å². The minimum Gasteiger partial charge on any atom is -0.486 e. The quantitative estimate of drug-likeness (QED) is 0.649. The average molecular weight is 436 g/mol. The first-order valence-corrected chi connectivity index (χ1v) is 11.0. The van der Waals surface area contributed by atoms with Gasteiger partial charge in [0.2, 0.25) is 5.91 Å². The Morgan fingerprint density at radius 1 is 1.06 bits per heavy atom. The second-order valence-corrected chi connectivity index (χ2v) is 8.27. The van der Waals surface area contributed by atoms with Gasteiger partial charge < -0.3 is 24.1 Å². The number of nitrogens with one attached hydrogen (secondary N) is 1. The molecule has 31 heavy (non-hydrogen) atoms. The second kappa shape index (κ2) is 8.39. The van der Waals surface area contributed by atoms with E-state index in [1.807, 2.05) is 24.3 Å². The molecule has 3 heterocycles. The minimum absolute atomic E-state index is 0.0758. The fourth-order valence-electron chi connectivity index (χ4n) is 3.60. The van der Waals surface area contributed by atoms with Crippen molar-refractivity contribution < 1.29 is 23.5 Å². The highest BCUT2D eigenvalue weighted by Gasteiger charge is 2.33. The number of amides is 2. The zero-order valence-corrected chi connectivity index (χ0v) is 17.4. The van der Waals surface area contributed by atoms with Gasteiger partial charge in [-0.3, -0.25) is 9.59 Å². The molecule has 2 aliphatic rings. The van der Waals surface area contributed by atoms with Gasteiger partial charge in [-0.1, -0.05) is 12.1 Å². The lowest BCUT2D eigenvalue weighted by Gasteiger charge is -2.23. The number of carbonyl (C=O) groups excluding carboxylic acids is 2. The Balaban J connectivity index is 1.28. The van der Waals surface area contributed by atoms with Gasteiger partial charge in [0.1, 0.15) is 24.3 Å². The number of anilines is 1. The molecule has 1 atom stereocenters. The molecule has 0 spiro atoms. The number of fused-ring (bicyclic) bond motifs is 1. The minimum atomic E-state index is -0.217. The summed E-state index contributed by atoms with van der Waals surface area (Å²) in [7, 11) is 0. The van der Waals surface area contributed by atoms with Crippen molar-refractivity contribution in [1.82, 2.24) is 4.90 Å². The van der Waals surface area contributed by atoms with Crippen molar-refractivity contribution in [3.05, 3.63) is 77.7 Å². The van der Waals surface area contributed by atoms with Crippen molar-refractivity contribution in [3.8, 4) is 11.5 Å². The lowest BCUT2D eigenvalue weighted by molar-refractivity contribution is -0.128. The lowest BCUT2D eigenvalue weighted by Crippen LogP contribution is -2.27. The summed E-state index contributed by atoms with van der Waals surface area (Å²) in [5, 5.41) is 2.78. The number of furan rings is 1. The number of thioether (sulfide) groups is 1. The van der Waals surface area contributed by atoms with E-state index in [1.54, 1.807) is 53.3 Å². The number of benzene rings is 2. The molecule has 158 valence electrons. The standard InChI is InChI=1S/C23H20N2O5S/c26-21-14-31-23(25(21)13-18-2-1-9-28-18)16-5-3-15(4-6-16)22(27)24-17-7-8-19-20(12-17)30-11-10-29-19/h1-9,12,23H,10-11,13-14H2,(H,24,27). The van der Waals surface area contributed by atoms with Crippen LogP contribution in [0.25, 0.3) is 0 Å². The first-order chi connectivity index (χ1) is 15.2. The fourth-order valence-corrected chi connectivity index (χ4v) is 4.78. The van der Waals surface area contributed by atoms with Crippen LogP contribution in [0.1, 0.15) is 27.1 Å². The number of rotatable bonds is 5. The van der Waals surface area contributed by atoms with E-state index in [9.17, 15) is 9.59 Å². The number of hydrogen-bond donors (Lipinski definition) is 1. The van der Waals surface area contributed by atoms with Gasteiger partial charge in [0.15, 0.2) is 11.5 Å². The largest absolute Gasteiger partial charge is 0.486 e. The summed E-state index contributed by atoms with van der Waals surface area (Å²) < 4.78 is 16.5. The Kier molecular flexibility index (Phi) is 5.30. The molecule has 1 saturated heterocycles. The zero-order valence-electron chi connectivity index (χ0n) is 16.6. The molecule has 0 radical (unpaired) electrons. The van der Waals surface area contributed by atoms with Crippen LogP contribution in [-0.4, -0.2) is 35.7 Å². The van der Waals surface area contributed by atoms with Crippen LogP contribution in [0.15, 0.2) is 65.3 Å². The highest BCUT2D eigenvalue weighted by Crippen LogP contribution is 2.39. The van der Waals surface area contributed by atoms with Crippen LogP contribution in [0.4, 0.5) is 5.69 Å². The molecule has 2 aliphatic heterocycles. The fraction of sp³-hybridized carbons (Fsp3) is 0.217. The van der Waals surface area contributed by atoms with Gasteiger partial charge in [-0.2, -0.15) is 0 Å². The molecule has 0 saturated carbocycles. The summed E-state index contributed by atoms with van der Waals surface area (Å²) in [5.41, 5.74) is 2.14. The van der Waals surface area contributed by atoms with Crippen molar-refractivity contribution in [3.63, 3.8) is 0 Å². The van der Waals surface area contributed by atoms with Crippen molar-refractivity contribution in [2.75, 3.05) is 24.3 Å². The summed E-state index contributed by atoms with van der Waals surface area (Å²) in [6.07, 6.45) is 1.60. The molecule has 1 N–H and O–H groups in total. The van der Waals surface area contributed by atoms with Gasteiger partial charge >= 0.3 is 0 Å². The third-order valence-electron chi connectivity index (χ3n) is 5.13. The Morgan fingerprint density at radius 3 is 2.65 bits per heavy atom. The summed E-state index contributed by atoms with van der Waals surface area (Å²) in [4.78, 5) is 26.8. The molecule has 3 aromatic rings. The van der Waals surface area contributed by atoms with Crippen molar-refractivity contribution in [2.45, 2.75) is 11.9 Å². The molecule has 5 rings (SSSR count). The van der Waals surface area contributed by atoms with Crippen LogP contribution in [0.3, 0.4) is 0 Å². The van der Waals surface area contributed by atoms with Gasteiger partial charge in [-0.15, -0.1) is 11.8 Å². The molecule has 1 aromatic heterocycles. The van der Waals surface area contributed by atoms with Gasteiger partial charge in [0.25, 0.3) is 5.91 Å². The van der Waals surface area contributed by atoms with Gasteiger partial charge in [0, 0.05) is 17.3 Å². The first-order valence-electron chi connectivity index (χ1n) is 9.92. The maximum absolute atomic E-state index is 12.7. The Bertz CT molecular complexity index is 1100. The maximum atomic E-state index is 12.7. The zero-order chi connectivity index (χ0) is 21.2. The van der Waals surface area contributed by atoms with Gasteiger partial charge in [-0.25, -0.2) is 0 Å². The predicted molar refractivity (Wildman–Crippen MR) is 116 cm³/mol. The normalized spacial score (nSPS) is 17.6. The summed E-state index contributed by atoms with van der Waals surface area (Å²) in [6.45, 7) is 1.44. The Labute approximate surface area is 183 Å². The molecule has 0 aliphatic carbocycles. The average Bonchev–Trinajstić information content (AvgIpc) is 3.44. The highest BCUT2D eigenvalue weighted by atomic mass is 32.2. The SMILES string of the molecule is O=C(Nc1ccc2c(c1)OCCO2)c1ccc(C2SCC(=O)N2Cc2ccco2)cc1. The van der Waals surface area contributed by atoms with E-state index in [0.717, 1.165) is 11.3 Å². The van der Waals surface area contributed by atoms with E-state index in [0.29, 0.717) is 48.3 Å². The maximum Gasteiger partial charge on any atom is 0.255 e. The third kappa shape index (κ3) is 4.11. The molecular weight excluding hydrogens is 416 g/mol. The molecule has 1 unspecified atom stereocenters. The molecule has 8 heteroatoms. The van der Waals surface area contributed by atoms with E-state index in [-0.39, 0.29) is 17.2 Å². The number of hydrogen-bond acceptors (Lipinski definition) is 6. The van der Waals surface area contributed by atoms with Crippen LogP contribution in [-0.2, 0) is 11.3 Å². The van der Waals surface area contributed by atoms with Crippen molar-refractivity contribution in [1.29, 1.82) is 0 Å². The Morgan fingerprint density at radius 2 is 1.87 bits per heavy atom. The third-order valence-corrected chi connectivity index (χ3v) is 6.39. The molecule has 0 bridgehead atoms. The van der Waals surface area contributed by atoms with Crippen LogP contribution in [0, 0.1) is 0 Å². The smallest absolute Gasteiger partial charge is 0.255 e. The monoisotopic (exact) mass is 436 g/mol. The van der Waals surface area contributed by atoms with Crippen molar-refractivity contribution in [2.24, 2.45) is 0 Å². The van der Waals surface area contributed by atoms with E-state index in [2.05, 4.69) is 5.32 Å².